The summed E-state index contributed by atoms with van der Waals surface area (Å²) in [7, 11) is 0. The topological polar surface area (TPSA) is 47.3 Å². The van der Waals surface area contributed by atoms with Crippen LogP contribution in [-0.4, -0.2) is 20.2 Å². The lowest BCUT2D eigenvalue weighted by atomic mass is 10.3. The van der Waals surface area contributed by atoms with Crippen molar-refractivity contribution >= 4 is 11.3 Å². The number of carbonyl (C=O) groups is 1. The van der Waals surface area contributed by atoms with Gasteiger partial charge in [0.25, 0.3) is 0 Å². The molecule has 0 aliphatic carbocycles. The molecule has 2 heterocycles. The largest absolute Gasteiger partial charge is 0.450 e. The van der Waals surface area contributed by atoms with Crippen molar-refractivity contribution in [3.8, 4) is 0 Å². The zero-order valence-electron chi connectivity index (χ0n) is 8.12. The lowest BCUT2D eigenvalue weighted by molar-refractivity contribution is -0.145. The molecule has 0 aromatic carbocycles. The highest BCUT2D eigenvalue weighted by Crippen LogP contribution is 2.29. The van der Waals surface area contributed by atoms with Crippen LogP contribution in [0.25, 0.3) is 5.52 Å². The van der Waals surface area contributed by atoms with Gasteiger partial charge in [-0.2, -0.15) is 13.2 Å². The molecular weight excluding hydrogens is 223 g/mol. The molecule has 0 spiro atoms. The second kappa shape index (κ2) is 3.29. The van der Waals surface area contributed by atoms with Gasteiger partial charge in [0.2, 0.25) is 5.82 Å². The Bertz CT molecular complexity index is 559. The van der Waals surface area contributed by atoms with E-state index in [1.165, 1.54) is 12.4 Å². The minimum absolute atomic E-state index is 0.0577. The molecule has 0 saturated carbocycles. The molecule has 0 N–H and O–H groups in total. The molecule has 2 aromatic heterocycles. The number of nitrogens with zero attached hydrogens (tertiary/aromatic N) is 3. The molecular formula is C9H6F3N3O. The summed E-state index contributed by atoms with van der Waals surface area (Å²) in [5.41, 5.74) is -0.164. The highest BCUT2D eigenvalue weighted by atomic mass is 19.4. The van der Waals surface area contributed by atoms with Gasteiger partial charge in [0, 0.05) is 19.3 Å². The molecule has 7 heteroatoms. The van der Waals surface area contributed by atoms with E-state index in [-0.39, 0.29) is 11.2 Å². The van der Waals surface area contributed by atoms with Crippen LogP contribution in [0.15, 0.2) is 18.6 Å². The lowest BCUT2D eigenvalue weighted by Crippen LogP contribution is -2.10. The van der Waals surface area contributed by atoms with Crippen molar-refractivity contribution in [3.05, 3.63) is 30.1 Å². The maximum Gasteiger partial charge on any atom is 0.450 e. The molecule has 2 rings (SSSR count). The number of imidazole rings is 1. The number of rotatable bonds is 1. The predicted molar refractivity (Wildman–Crippen MR) is 48.0 cm³/mol. The maximum atomic E-state index is 12.6. The van der Waals surface area contributed by atoms with E-state index < -0.39 is 17.8 Å². The van der Waals surface area contributed by atoms with E-state index in [9.17, 15) is 18.0 Å². The van der Waals surface area contributed by atoms with Gasteiger partial charge in [-0.15, -0.1) is 0 Å². The minimum Gasteiger partial charge on any atom is -0.293 e. The Balaban J connectivity index is 2.82. The summed E-state index contributed by atoms with van der Waals surface area (Å²) in [4.78, 5) is 18.1. The standard InChI is InChI=1S/C9H6F3N3O/c1-5(16)7-6-4-13-2-3-15(6)8(14-7)9(10,11)12/h2-4H,1H3. The molecule has 0 saturated heterocycles. The van der Waals surface area contributed by atoms with Crippen LogP contribution in [-0.2, 0) is 6.18 Å². The summed E-state index contributed by atoms with van der Waals surface area (Å²) in [5.74, 6) is -1.64. The van der Waals surface area contributed by atoms with Gasteiger partial charge in [-0.1, -0.05) is 0 Å². The van der Waals surface area contributed by atoms with Crippen molar-refractivity contribution in [2.24, 2.45) is 0 Å². The highest BCUT2D eigenvalue weighted by Gasteiger charge is 2.37. The van der Waals surface area contributed by atoms with E-state index in [0.717, 1.165) is 17.5 Å². The lowest BCUT2D eigenvalue weighted by Gasteiger charge is -2.03. The summed E-state index contributed by atoms with van der Waals surface area (Å²) in [5, 5.41) is 0. The van der Waals surface area contributed by atoms with Gasteiger partial charge in [-0.3, -0.25) is 14.2 Å². The minimum atomic E-state index is -4.60. The third-order valence-electron chi connectivity index (χ3n) is 2.03. The first-order valence-corrected chi connectivity index (χ1v) is 4.31. The van der Waals surface area contributed by atoms with E-state index in [1.54, 1.807) is 0 Å². The van der Waals surface area contributed by atoms with Crippen LogP contribution in [0.5, 0.6) is 0 Å². The number of Topliss-reactive ketones (excluding diaryl/α,β-unsaturated/α-hetero) is 1. The summed E-state index contributed by atoms with van der Waals surface area (Å²) < 4.78 is 38.5. The van der Waals surface area contributed by atoms with Crippen molar-refractivity contribution in [1.29, 1.82) is 0 Å². The van der Waals surface area contributed by atoms with Gasteiger partial charge in [0.15, 0.2) is 5.78 Å². The smallest absolute Gasteiger partial charge is 0.293 e. The van der Waals surface area contributed by atoms with Gasteiger partial charge in [0.05, 0.1) is 11.7 Å². The molecule has 0 amide bonds. The fourth-order valence-corrected chi connectivity index (χ4v) is 1.40. The zero-order valence-corrected chi connectivity index (χ0v) is 8.12. The molecule has 0 bridgehead atoms. The molecule has 16 heavy (non-hydrogen) atoms. The summed E-state index contributed by atoms with van der Waals surface area (Å²) >= 11 is 0. The fraction of sp³-hybridized carbons (Fsp3) is 0.222. The van der Waals surface area contributed by atoms with Gasteiger partial charge in [0.1, 0.15) is 5.69 Å². The fourth-order valence-electron chi connectivity index (χ4n) is 1.40. The van der Waals surface area contributed by atoms with Crippen molar-refractivity contribution < 1.29 is 18.0 Å². The van der Waals surface area contributed by atoms with Gasteiger partial charge >= 0.3 is 6.18 Å². The molecule has 0 fully saturated rings. The second-order valence-electron chi connectivity index (χ2n) is 3.17. The first-order valence-electron chi connectivity index (χ1n) is 4.31. The van der Waals surface area contributed by atoms with Crippen LogP contribution < -0.4 is 0 Å². The predicted octanol–water partition coefficient (Wildman–Crippen LogP) is 1.95. The number of hydrogen-bond acceptors (Lipinski definition) is 3. The maximum absolute atomic E-state index is 12.6. The number of ketones is 1. The average Bonchev–Trinajstić information content (AvgIpc) is 2.56. The third kappa shape index (κ3) is 1.54. The van der Waals surface area contributed by atoms with Crippen molar-refractivity contribution in [2.45, 2.75) is 13.1 Å². The number of hydrogen-bond donors (Lipinski definition) is 0. The van der Waals surface area contributed by atoms with Crippen LogP contribution in [0.1, 0.15) is 23.2 Å². The van der Waals surface area contributed by atoms with Crippen LogP contribution in [0, 0.1) is 0 Å². The van der Waals surface area contributed by atoms with Crippen LogP contribution in [0.4, 0.5) is 13.2 Å². The SMILES string of the molecule is CC(=O)c1nc(C(F)(F)F)n2ccncc12. The van der Waals surface area contributed by atoms with E-state index >= 15 is 0 Å². The van der Waals surface area contributed by atoms with E-state index in [0.29, 0.717) is 0 Å². The van der Waals surface area contributed by atoms with Gasteiger partial charge < -0.3 is 0 Å². The van der Waals surface area contributed by atoms with Crippen LogP contribution in [0.3, 0.4) is 0 Å². The number of halogens is 3. The molecule has 84 valence electrons. The first kappa shape index (κ1) is 10.6. The van der Waals surface area contributed by atoms with Crippen LogP contribution in [0.2, 0.25) is 0 Å². The Morgan fingerprint density at radius 2 is 2.12 bits per heavy atom. The van der Waals surface area contributed by atoms with Crippen molar-refractivity contribution in [2.75, 3.05) is 0 Å². The first-order chi connectivity index (χ1) is 7.41. The summed E-state index contributed by atoms with van der Waals surface area (Å²) in [6.07, 6.45) is -1.09. The molecule has 4 nitrogen and oxygen atoms in total. The summed E-state index contributed by atoms with van der Waals surface area (Å²) in [6.45, 7) is 1.16. The van der Waals surface area contributed by atoms with E-state index in [1.807, 2.05) is 0 Å². The third-order valence-corrected chi connectivity index (χ3v) is 2.03. The molecule has 0 aliphatic rings. The summed E-state index contributed by atoms with van der Waals surface area (Å²) in [6, 6.07) is 0. The zero-order chi connectivity index (χ0) is 11.9. The molecule has 2 aromatic rings. The number of fused-ring (bicyclic) bond motifs is 1. The monoisotopic (exact) mass is 229 g/mol. The van der Waals surface area contributed by atoms with Crippen molar-refractivity contribution in [3.63, 3.8) is 0 Å². The normalized spacial score (nSPS) is 12.0. The van der Waals surface area contributed by atoms with Gasteiger partial charge in [-0.25, -0.2) is 4.98 Å². The number of aromatic nitrogens is 3. The Kier molecular flexibility index (Phi) is 2.18. The number of carbonyl (C=O) groups excluding carboxylic acids is 1. The average molecular weight is 229 g/mol. The Morgan fingerprint density at radius 3 is 2.69 bits per heavy atom. The number of alkyl halides is 3. The highest BCUT2D eigenvalue weighted by molar-refractivity contribution is 5.98. The molecule has 0 radical (unpaired) electrons. The molecule has 0 atom stereocenters. The van der Waals surface area contributed by atoms with E-state index in [4.69, 9.17) is 0 Å². The Morgan fingerprint density at radius 1 is 1.44 bits per heavy atom. The van der Waals surface area contributed by atoms with Gasteiger partial charge in [-0.05, 0) is 0 Å². The van der Waals surface area contributed by atoms with Crippen molar-refractivity contribution in [1.82, 2.24) is 14.4 Å². The Hall–Kier alpha value is -1.92. The quantitative estimate of drug-likeness (QED) is 0.702. The van der Waals surface area contributed by atoms with Crippen LogP contribution >= 0.6 is 0 Å². The van der Waals surface area contributed by atoms with E-state index in [2.05, 4.69) is 9.97 Å². The molecule has 0 aliphatic heterocycles. The molecule has 0 unspecified atom stereocenters. The Labute approximate surface area is 87.7 Å². The second-order valence-corrected chi connectivity index (χ2v) is 3.17.